The lowest BCUT2D eigenvalue weighted by molar-refractivity contribution is -0.390. The standard InChI is InChI=1S/C14H12ClN3O4/c1-9(14(19)17-11-6-4-10(15)5-7-11)22-12-3-2-8-16-13(12)18(20)21/h2-9H,1H3,(H,17,19)/t9-/m0/s1. The van der Waals surface area contributed by atoms with Gasteiger partial charge in [0.1, 0.15) is 6.20 Å². The van der Waals surface area contributed by atoms with E-state index in [4.69, 9.17) is 16.3 Å². The number of hydrogen-bond donors (Lipinski definition) is 1. The van der Waals surface area contributed by atoms with Crippen LogP contribution in [-0.4, -0.2) is 21.9 Å². The molecule has 0 saturated heterocycles. The van der Waals surface area contributed by atoms with E-state index in [-0.39, 0.29) is 5.75 Å². The molecule has 0 aliphatic rings. The van der Waals surface area contributed by atoms with Gasteiger partial charge in [0.15, 0.2) is 6.10 Å². The number of anilines is 1. The van der Waals surface area contributed by atoms with Crippen molar-refractivity contribution in [3.05, 3.63) is 57.7 Å². The number of amides is 1. The van der Waals surface area contributed by atoms with E-state index in [0.29, 0.717) is 10.7 Å². The van der Waals surface area contributed by atoms with Crippen LogP contribution in [0, 0.1) is 10.1 Å². The largest absolute Gasteiger partial charge is 0.473 e. The average molecular weight is 322 g/mol. The molecule has 0 bridgehead atoms. The number of ether oxygens (including phenoxy) is 1. The molecule has 0 radical (unpaired) electrons. The molecule has 0 aliphatic carbocycles. The van der Waals surface area contributed by atoms with Crippen LogP contribution >= 0.6 is 11.6 Å². The van der Waals surface area contributed by atoms with E-state index in [9.17, 15) is 14.9 Å². The van der Waals surface area contributed by atoms with E-state index >= 15 is 0 Å². The molecule has 2 aromatic rings. The summed E-state index contributed by atoms with van der Waals surface area (Å²) in [5.74, 6) is -0.944. The Morgan fingerprint density at radius 1 is 1.36 bits per heavy atom. The van der Waals surface area contributed by atoms with Gasteiger partial charge >= 0.3 is 5.82 Å². The summed E-state index contributed by atoms with van der Waals surface area (Å²) in [5, 5.41) is 14.0. The number of nitro groups is 1. The molecule has 0 spiro atoms. The lowest BCUT2D eigenvalue weighted by Crippen LogP contribution is -2.30. The molecular weight excluding hydrogens is 310 g/mol. The molecule has 114 valence electrons. The highest BCUT2D eigenvalue weighted by molar-refractivity contribution is 6.30. The minimum atomic E-state index is -0.932. The number of nitrogens with zero attached hydrogens (tertiary/aromatic N) is 2. The fourth-order valence-electron chi connectivity index (χ4n) is 1.63. The Labute approximate surface area is 131 Å². The van der Waals surface area contributed by atoms with Crippen LogP contribution in [-0.2, 0) is 4.79 Å². The monoisotopic (exact) mass is 321 g/mol. The number of aromatic nitrogens is 1. The van der Waals surface area contributed by atoms with Crippen LogP contribution in [0.15, 0.2) is 42.6 Å². The molecule has 2 rings (SSSR count). The van der Waals surface area contributed by atoms with E-state index < -0.39 is 22.8 Å². The van der Waals surface area contributed by atoms with Crippen LogP contribution in [0.3, 0.4) is 0 Å². The van der Waals surface area contributed by atoms with Crippen LogP contribution in [0.2, 0.25) is 5.02 Å². The molecule has 22 heavy (non-hydrogen) atoms. The van der Waals surface area contributed by atoms with Crippen molar-refractivity contribution in [1.29, 1.82) is 0 Å². The predicted octanol–water partition coefficient (Wildman–Crippen LogP) is 3.05. The Morgan fingerprint density at radius 2 is 2.05 bits per heavy atom. The van der Waals surface area contributed by atoms with Crippen LogP contribution in [0.25, 0.3) is 0 Å². The van der Waals surface area contributed by atoms with Crippen molar-refractivity contribution in [2.24, 2.45) is 0 Å². The number of benzene rings is 1. The van der Waals surface area contributed by atoms with Crippen molar-refractivity contribution < 1.29 is 14.5 Å². The van der Waals surface area contributed by atoms with E-state index in [1.165, 1.54) is 25.3 Å². The van der Waals surface area contributed by atoms with Crippen molar-refractivity contribution >= 4 is 29.0 Å². The molecule has 1 atom stereocenters. The number of hydrogen-bond acceptors (Lipinski definition) is 5. The molecule has 1 N–H and O–H groups in total. The summed E-state index contributed by atoms with van der Waals surface area (Å²) in [7, 11) is 0. The van der Waals surface area contributed by atoms with Crippen molar-refractivity contribution in [2.45, 2.75) is 13.0 Å². The van der Waals surface area contributed by atoms with Crippen molar-refractivity contribution in [2.75, 3.05) is 5.32 Å². The highest BCUT2D eigenvalue weighted by atomic mass is 35.5. The minimum Gasteiger partial charge on any atom is -0.473 e. The van der Waals surface area contributed by atoms with Crippen molar-refractivity contribution in [3.63, 3.8) is 0 Å². The summed E-state index contributed by atoms with van der Waals surface area (Å²) < 4.78 is 5.32. The van der Waals surface area contributed by atoms with E-state index in [1.54, 1.807) is 24.3 Å². The summed E-state index contributed by atoms with van der Waals surface area (Å²) in [6.45, 7) is 1.49. The summed E-state index contributed by atoms with van der Waals surface area (Å²) in [5.41, 5.74) is 0.547. The molecule has 1 aromatic carbocycles. The van der Waals surface area contributed by atoms with E-state index in [0.717, 1.165) is 0 Å². The fourth-order valence-corrected chi connectivity index (χ4v) is 1.76. The third kappa shape index (κ3) is 3.92. The zero-order chi connectivity index (χ0) is 16.1. The number of nitrogens with one attached hydrogen (secondary N) is 1. The Bertz CT molecular complexity index is 691. The molecule has 1 aromatic heterocycles. The van der Waals surface area contributed by atoms with Crippen LogP contribution < -0.4 is 10.1 Å². The zero-order valence-electron chi connectivity index (χ0n) is 11.5. The van der Waals surface area contributed by atoms with Gasteiger partial charge in [-0.1, -0.05) is 11.6 Å². The second-order valence-electron chi connectivity index (χ2n) is 4.34. The summed E-state index contributed by atoms with van der Waals surface area (Å²) in [6.07, 6.45) is 0.349. The van der Waals surface area contributed by atoms with Gasteiger partial charge in [-0.2, -0.15) is 0 Å². The first-order chi connectivity index (χ1) is 10.5. The van der Waals surface area contributed by atoms with Crippen LogP contribution in [0.1, 0.15) is 6.92 Å². The fraction of sp³-hybridized carbons (Fsp3) is 0.143. The van der Waals surface area contributed by atoms with Gasteiger partial charge in [-0.25, -0.2) is 0 Å². The SMILES string of the molecule is C[C@H](Oc1cccnc1[N+](=O)[O-])C(=O)Nc1ccc(Cl)cc1. The highest BCUT2D eigenvalue weighted by Crippen LogP contribution is 2.24. The molecule has 7 nitrogen and oxygen atoms in total. The number of halogens is 1. The molecule has 1 heterocycles. The maximum absolute atomic E-state index is 12.0. The van der Waals surface area contributed by atoms with Crippen molar-refractivity contribution in [1.82, 2.24) is 4.98 Å². The maximum atomic E-state index is 12.0. The second kappa shape index (κ2) is 6.86. The minimum absolute atomic E-state index is 0.0637. The van der Waals surface area contributed by atoms with Gasteiger partial charge in [0.25, 0.3) is 5.91 Å². The lowest BCUT2D eigenvalue weighted by atomic mass is 10.3. The van der Waals surface area contributed by atoms with Gasteiger partial charge < -0.3 is 20.2 Å². The van der Waals surface area contributed by atoms with E-state index in [2.05, 4.69) is 10.3 Å². The Kier molecular flexibility index (Phi) is 4.90. The lowest BCUT2D eigenvalue weighted by Gasteiger charge is -2.14. The van der Waals surface area contributed by atoms with Crippen LogP contribution in [0.4, 0.5) is 11.5 Å². The van der Waals surface area contributed by atoms with Gasteiger partial charge in [0.2, 0.25) is 5.75 Å². The van der Waals surface area contributed by atoms with Gasteiger partial charge in [-0.3, -0.25) is 4.79 Å². The first-order valence-electron chi connectivity index (χ1n) is 6.30. The van der Waals surface area contributed by atoms with Crippen molar-refractivity contribution in [3.8, 4) is 5.75 Å². The first kappa shape index (κ1) is 15.7. The Morgan fingerprint density at radius 3 is 2.68 bits per heavy atom. The predicted molar refractivity (Wildman–Crippen MR) is 81.1 cm³/mol. The number of carbonyl (C=O) groups excluding carboxylic acids is 1. The molecule has 0 saturated carbocycles. The number of pyridine rings is 1. The smallest absolute Gasteiger partial charge is 0.406 e. The molecule has 0 fully saturated rings. The highest BCUT2D eigenvalue weighted by Gasteiger charge is 2.21. The summed E-state index contributed by atoms with van der Waals surface area (Å²) in [6, 6.07) is 9.42. The first-order valence-corrected chi connectivity index (χ1v) is 6.67. The van der Waals surface area contributed by atoms with Gasteiger partial charge in [-0.05, 0) is 53.2 Å². The normalized spacial score (nSPS) is 11.5. The zero-order valence-corrected chi connectivity index (χ0v) is 12.3. The Hall–Kier alpha value is -2.67. The van der Waals surface area contributed by atoms with Crippen LogP contribution in [0.5, 0.6) is 5.75 Å². The van der Waals surface area contributed by atoms with E-state index in [1.807, 2.05) is 0 Å². The number of carbonyl (C=O) groups is 1. The second-order valence-corrected chi connectivity index (χ2v) is 4.77. The average Bonchev–Trinajstić information content (AvgIpc) is 2.49. The summed E-state index contributed by atoms with van der Waals surface area (Å²) in [4.78, 5) is 25.8. The summed E-state index contributed by atoms with van der Waals surface area (Å²) >= 11 is 5.76. The molecule has 0 aliphatic heterocycles. The topological polar surface area (TPSA) is 94.4 Å². The number of rotatable bonds is 5. The van der Waals surface area contributed by atoms with Gasteiger partial charge in [0.05, 0.1) is 0 Å². The third-order valence-electron chi connectivity index (χ3n) is 2.71. The molecular formula is C14H12ClN3O4. The molecule has 1 amide bonds. The van der Waals surface area contributed by atoms with Gasteiger partial charge in [0, 0.05) is 10.7 Å². The molecule has 0 unspecified atom stereocenters. The third-order valence-corrected chi connectivity index (χ3v) is 2.96. The Balaban J connectivity index is 2.05. The molecule has 8 heteroatoms. The van der Waals surface area contributed by atoms with Gasteiger partial charge in [-0.15, -0.1) is 0 Å². The maximum Gasteiger partial charge on any atom is 0.406 e. The quantitative estimate of drug-likeness (QED) is 0.674.